The highest BCUT2D eigenvalue weighted by molar-refractivity contribution is 7.98. The van der Waals surface area contributed by atoms with Crippen LogP contribution in [0.5, 0.6) is 0 Å². The van der Waals surface area contributed by atoms with Crippen LogP contribution in [0.4, 0.5) is 4.79 Å². The summed E-state index contributed by atoms with van der Waals surface area (Å²) < 4.78 is 0. The monoisotopic (exact) mass is 296 g/mol. The third-order valence-corrected chi connectivity index (χ3v) is 3.36. The minimum atomic E-state index is -0.865. The first kappa shape index (κ1) is 16.4. The number of carbonyl (C=O) groups excluding carboxylic acids is 1. The molecule has 1 aromatic rings. The molecule has 3 N–H and O–H groups in total. The number of amides is 2. The number of benzene rings is 1. The molecule has 0 aliphatic heterocycles. The zero-order chi connectivity index (χ0) is 14.8. The van der Waals surface area contributed by atoms with E-state index < -0.39 is 5.97 Å². The second-order valence-electron chi connectivity index (χ2n) is 4.29. The van der Waals surface area contributed by atoms with Gasteiger partial charge in [0.05, 0.1) is 6.04 Å². The average Bonchev–Trinajstić information content (AvgIpc) is 2.44. The predicted octanol–water partition coefficient (Wildman–Crippen LogP) is 2.25. The molecule has 0 saturated heterocycles. The average molecular weight is 296 g/mol. The van der Waals surface area contributed by atoms with E-state index in [-0.39, 0.29) is 18.5 Å². The zero-order valence-electron chi connectivity index (χ0n) is 11.5. The lowest BCUT2D eigenvalue weighted by molar-refractivity contribution is -0.137. The van der Waals surface area contributed by atoms with Crippen LogP contribution in [0.1, 0.15) is 24.4 Å². The summed E-state index contributed by atoms with van der Waals surface area (Å²) in [5.74, 6) is -0.0195. The van der Waals surface area contributed by atoms with Crippen molar-refractivity contribution < 1.29 is 14.7 Å². The third-order valence-electron chi connectivity index (χ3n) is 2.75. The van der Waals surface area contributed by atoms with E-state index in [0.717, 1.165) is 11.3 Å². The van der Waals surface area contributed by atoms with E-state index in [9.17, 15) is 9.59 Å². The molecule has 0 bridgehead atoms. The van der Waals surface area contributed by atoms with Crippen molar-refractivity contribution in [3.8, 4) is 0 Å². The fourth-order valence-electron chi connectivity index (χ4n) is 1.75. The molecule has 0 saturated carbocycles. The molecule has 1 rings (SSSR count). The fourth-order valence-corrected chi connectivity index (χ4v) is 2.06. The van der Waals surface area contributed by atoms with E-state index in [0.29, 0.717) is 13.0 Å². The van der Waals surface area contributed by atoms with Gasteiger partial charge in [-0.05, 0) is 18.2 Å². The molecule has 0 radical (unpaired) electrons. The van der Waals surface area contributed by atoms with Crippen molar-refractivity contribution in [1.82, 2.24) is 10.6 Å². The number of thioether (sulfide) groups is 1. The number of aliphatic carboxylic acids is 1. The van der Waals surface area contributed by atoms with Crippen LogP contribution >= 0.6 is 11.8 Å². The van der Waals surface area contributed by atoms with Crippen molar-refractivity contribution in [3.05, 3.63) is 35.9 Å². The largest absolute Gasteiger partial charge is 0.481 e. The lowest BCUT2D eigenvalue weighted by Gasteiger charge is -2.19. The SMILES string of the molecule is CSCCNC(=O)NC(CCC(=O)O)c1ccccc1. The normalized spacial score (nSPS) is 11.7. The van der Waals surface area contributed by atoms with Crippen molar-refractivity contribution in [1.29, 1.82) is 0 Å². The number of carboxylic acids is 1. The summed E-state index contributed by atoms with van der Waals surface area (Å²) in [5.41, 5.74) is 0.911. The van der Waals surface area contributed by atoms with E-state index in [1.54, 1.807) is 11.8 Å². The molecule has 0 aliphatic carbocycles. The molecular formula is C14H20N2O3S. The number of carbonyl (C=O) groups is 2. The number of rotatable bonds is 8. The maximum absolute atomic E-state index is 11.8. The predicted molar refractivity (Wildman–Crippen MR) is 81.0 cm³/mol. The maximum Gasteiger partial charge on any atom is 0.315 e. The number of nitrogens with one attached hydrogen (secondary N) is 2. The second kappa shape index (κ2) is 9.25. The van der Waals surface area contributed by atoms with Crippen molar-refractivity contribution in [2.24, 2.45) is 0 Å². The molecule has 1 aromatic carbocycles. The van der Waals surface area contributed by atoms with Crippen LogP contribution in [-0.4, -0.2) is 35.7 Å². The Hall–Kier alpha value is -1.69. The van der Waals surface area contributed by atoms with Crippen molar-refractivity contribution >= 4 is 23.8 Å². The van der Waals surface area contributed by atoms with E-state index in [2.05, 4.69) is 10.6 Å². The molecule has 1 atom stereocenters. The Balaban J connectivity index is 2.58. The Kier molecular flexibility index (Phi) is 7.57. The lowest BCUT2D eigenvalue weighted by Crippen LogP contribution is -2.39. The molecule has 2 amide bonds. The molecule has 5 nitrogen and oxygen atoms in total. The summed E-state index contributed by atoms with van der Waals surface area (Å²) in [6.45, 7) is 0.591. The summed E-state index contributed by atoms with van der Waals surface area (Å²) >= 11 is 1.65. The third kappa shape index (κ3) is 6.47. The first-order valence-electron chi connectivity index (χ1n) is 6.43. The van der Waals surface area contributed by atoms with Gasteiger partial charge in [0.15, 0.2) is 0 Å². The summed E-state index contributed by atoms with van der Waals surface area (Å²) in [6, 6.07) is 8.84. The molecule has 1 unspecified atom stereocenters. The minimum absolute atomic E-state index is 0.0185. The minimum Gasteiger partial charge on any atom is -0.481 e. The van der Waals surface area contributed by atoms with Gasteiger partial charge in [0.2, 0.25) is 0 Å². The van der Waals surface area contributed by atoms with Gasteiger partial charge >= 0.3 is 12.0 Å². The Morgan fingerprint density at radius 3 is 2.60 bits per heavy atom. The van der Waals surface area contributed by atoms with Gasteiger partial charge in [0, 0.05) is 18.7 Å². The molecule has 0 spiro atoms. The number of hydrogen-bond donors (Lipinski definition) is 3. The van der Waals surface area contributed by atoms with E-state index >= 15 is 0 Å². The Morgan fingerprint density at radius 2 is 2.00 bits per heavy atom. The standard InChI is InChI=1S/C14H20N2O3S/c1-20-10-9-15-14(19)16-12(7-8-13(17)18)11-5-3-2-4-6-11/h2-6,12H,7-10H2,1H3,(H,17,18)(H2,15,16,19). The highest BCUT2D eigenvalue weighted by Gasteiger charge is 2.15. The van der Waals surface area contributed by atoms with Gasteiger partial charge in [0.1, 0.15) is 0 Å². The van der Waals surface area contributed by atoms with Crippen LogP contribution in [0.25, 0.3) is 0 Å². The summed E-state index contributed by atoms with van der Waals surface area (Å²) in [5, 5.41) is 14.4. The lowest BCUT2D eigenvalue weighted by atomic mass is 10.0. The van der Waals surface area contributed by atoms with E-state index in [1.807, 2.05) is 36.6 Å². The topological polar surface area (TPSA) is 78.4 Å². The highest BCUT2D eigenvalue weighted by Crippen LogP contribution is 2.18. The number of carboxylic acid groups (broad SMARTS) is 1. The van der Waals surface area contributed by atoms with Crippen LogP contribution in [0.2, 0.25) is 0 Å². The number of hydrogen-bond acceptors (Lipinski definition) is 3. The fraction of sp³-hybridized carbons (Fsp3) is 0.429. The smallest absolute Gasteiger partial charge is 0.315 e. The molecule has 6 heteroatoms. The molecule has 0 heterocycles. The van der Waals surface area contributed by atoms with Gasteiger partial charge < -0.3 is 15.7 Å². The highest BCUT2D eigenvalue weighted by atomic mass is 32.2. The van der Waals surface area contributed by atoms with Crippen LogP contribution < -0.4 is 10.6 Å². The molecular weight excluding hydrogens is 276 g/mol. The van der Waals surface area contributed by atoms with E-state index in [4.69, 9.17) is 5.11 Å². The quantitative estimate of drug-likeness (QED) is 0.643. The number of urea groups is 1. The summed E-state index contributed by atoms with van der Waals surface area (Å²) in [4.78, 5) is 22.5. The van der Waals surface area contributed by atoms with Gasteiger partial charge in [-0.1, -0.05) is 30.3 Å². The van der Waals surface area contributed by atoms with Crippen molar-refractivity contribution in [3.63, 3.8) is 0 Å². The maximum atomic E-state index is 11.8. The first-order valence-corrected chi connectivity index (χ1v) is 7.83. The molecule has 0 aromatic heterocycles. The van der Waals surface area contributed by atoms with Crippen molar-refractivity contribution in [2.75, 3.05) is 18.6 Å². The summed E-state index contributed by atoms with van der Waals surface area (Å²) in [7, 11) is 0. The molecule has 0 fully saturated rings. The molecule has 20 heavy (non-hydrogen) atoms. The molecule has 110 valence electrons. The van der Waals surface area contributed by atoms with Gasteiger partial charge in [0.25, 0.3) is 0 Å². The zero-order valence-corrected chi connectivity index (χ0v) is 12.3. The second-order valence-corrected chi connectivity index (χ2v) is 5.27. The van der Waals surface area contributed by atoms with Gasteiger partial charge in [-0.25, -0.2) is 4.79 Å². The van der Waals surface area contributed by atoms with Crippen LogP contribution in [0.3, 0.4) is 0 Å². The van der Waals surface area contributed by atoms with Gasteiger partial charge in [-0.3, -0.25) is 4.79 Å². The Bertz CT molecular complexity index is 426. The van der Waals surface area contributed by atoms with Gasteiger partial charge in [-0.2, -0.15) is 11.8 Å². The molecule has 0 aliphatic rings. The van der Waals surface area contributed by atoms with Crippen LogP contribution in [-0.2, 0) is 4.79 Å². The Morgan fingerprint density at radius 1 is 1.30 bits per heavy atom. The Labute approximate surface area is 123 Å². The van der Waals surface area contributed by atoms with E-state index in [1.165, 1.54) is 0 Å². The van der Waals surface area contributed by atoms with Crippen LogP contribution in [0, 0.1) is 0 Å². The van der Waals surface area contributed by atoms with Crippen LogP contribution in [0.15, 0.2) is 30.3 Å². The van der Waals surface area contributed by atoms with Crippen molar-refractivity contribution in [2.45, 2.75) is 18.9 Å². The first-order chi connectivity index (χ1) is 9.63. The summed E-state index contributed by atoms with van der Waals surface area (Å²) in [6.07, 6.45) is 2.36. The van der Waals surface area contributed by atoms with Gasteiger partial charge in [-0.15, -0.1) is 0 Å².